The molecule has 0 aromatic heterocycles. The molecular weight excluding hydrogens is 294 g/mol. The third-order valence-electron chi connectivity index (χ3n) is 5.14. The summed E-state index contributed by atoms with van der Waals surface area (Å²) < 4.78 is 5.44. The second-order valence-electron chi connectivity index (χ2n) is 8.01. The number of fused-ring (bicyclic) bond motifs is 1. The summed E-state index contributed by atoms with van der Waals surface area (Å²) in [6, 6.07) is 1.04. The lowest BCUT2D eigenvalue weighted by Gasteiger charge is -2.40. The molecule has 1 aliphatic carbocycles. The summed E-state index contributed by atoms with van der Waals surface area (Å²) in [6.45, 7) is 6.99. The third kappa shape index (κ3) is 3.56. The van der Waals surface area contributed by atoms with Gasteiger partial charge in [-0.25, -0.2) is 9.59 Å². The fourth-order valence-electron chi connectivity index (χ4n) is 4.09. The molecule has 3 amide bonds. The van der Waals surface area contributed by atoms with E-state index in [0.717, 1.165) is 25.7 Å². The number of rotatable bonds is 1. The van der Waals surface area contributed by atoms with Crippen LogP contribution in [0.25, 0.3) is 0 Å². The average Bonchev–Trinajstić information content (AvgIpc) is 2.81. The Morgan fingerprint density at radius 1 is 1.13 bits per heavy atom. The highest BCUT2D eigenvalue weighted by atomic mass is 16.6. The van der Waals surface area contributed by atoms with Gasteiger partial charge in [0.05, 0.1) is 12.1 Å². The smallest absolute Gasteiger partial charge is 0.410 e. The van der Waals surface area contributed by atoms with Crippen molar-refractivity contribution in [2.75, 3.05) is 13.1 Å². The molecule has 23 heavy (non-hydrogen) atoms. The van der Waals surface area contributed by atoms with Gasteiger partial charge < -0.3 is 19.9 Å². The second kappa shape index (κ2) is 6.21. The van der Waals surface area contributed by atoms with E-state index in [2.05, 4.69) is 10.2 Å². The van der Waals surface area contributed by atoms with Crippen molar-refractivity contribution in [3.63, 3.8) is 0 Å². The van der Waals surface area contributed by atoms with E-state index < -0.39 is 5.60 Å². The molecule has 3 rings (SSSR count). The minimum absolute atomic E-state index is 0.0950. The van der Waals surface area contributed by atoms with Crippen LogP contribution in [0.4, 0.5) is 9.59 Å². The number of nitrogens with zero attached hydrogens (tertiary/aromatic N) is 2. The fraction of sp³-hybridized carbons (Fsp3) is 0.882. The van der Waals surface area contributed by atoms with E-state index >= 15 is 0 Å². The van der Waals surface area contributed by atoms with Gasteiger partial charge in [0.1, 0.15) is 5.60 Å². The number of nitrogens with one attached hydrogen (secondary N) is 1. The van der Waals surface area contributed by atoms with E-state index in [1.54, 1.807) is 4.90 Å². The Morgan fingerprint density at radius 3 is 2.43 bits per heavy atom. The number of urea groups is 1. The van der Waals surface area contributed by atoms with Gasteiger partial charge in [-0.1, -0.05) is 12.8 Å². The number of hydrogen-bond acceptors (Lipinski definition) is 3. The largest absolute Gasteiger partial charge is 0.444 e. The van der Waals surface area contributed by atoms with Crippen LogP contribution in [0.3, 0.4) is 0 Å². The van der Waals surface area contributed by atoms with Gasteiger partial charge in [0.2, 0.25) is 0 Å². The molecule has 6 nitrogen and oxygen atoms in total. The highest BCUT2D eigenvalue weighted by molar-refractivity contribution is 5.78. The van der Waals surface area contributed by atoms with E-state index in [4.69, 9.17) is 4.74 Å². The number of carbonyl (C=O) groups is 2. The fourth-order valence-corrected chi connectivity index (χ4v) is 4.09. The summed E-state index contributed by atoms with van der Waals surface area (Å²) in [6.07, 6.45) is 6.08. The predicted molar refractivity (Wildman–Crippen MR) is 87.2 cm³/mol. The maximum Gasteiger partial charge on any atom is 0.410 e. The molecule has 0 unspecified atom stereocenters. The van der Waals surface area contributed by atoms with Crippen LogP contribution in [0.5, 0.6) is 0 Å². The van der Waals surface area contributed by atoms with Gasteiger partial charge in [0.25, 0.3) is 0 Å². The van der Waals surface area contributed by atoms with Crippen molar-refractivity contribution in [3.05, 3.63) is 0 Å². The SMILES string of the molecule is CC(C)(C)OC(=O)N1CCC(N2C(=O)N[C@H]3CCCC[C@@H]32)CC1. The summed E-state index contributed by atoms with van der Waals surface area (Å²) in [5.41, 5.74) is -0.460. The molecule has 0 bridgehead atoms. The van der Waals surface area contributed by atoms with Crippen molar-refractivity contribution >= 4 is 12.1 Å². The van der Waals surface area contributed by atoms with Gasteiger partial charge in [0, 0.05) is 19.1 Å². The normalized spacial score (nSPS) is 29.3. The van der Waals surface area contributed by atoms with Gasteiger partial charge in [0.15, 0.2) is 0 Å². The van der Waals surface area contributed by atoms with E-state index in [1.807, 2.05) is 20.8 Å². The molecule has 2 aliphatic heterocycles. The molecule has 1 N–H and O–H groups in total. The van der Waals surface area contributed by atoms with E-state index in [0.29, 0.717) is 25.2 Å². The first kappa shape index (κ1) is 16.4. The summed E-state index contributed by atoms with van der Waals surface area (Å²) in [7, 11) is 0. The van der Waals surface area contributed by atoms with Crippen molar-refractivity contribution < 1.29 is 14.3 Å². The summed E-state index contributed by atoms with van der Waals surface area (Å²) in [4.78, 5) is 28.3. The van der Waals surface area contributed by atoms with Crippen LogP contribution >= 0.6 is 0 Å². The number of piperidine rings is 1. The van der Waals surface area contributed by atoms with Crippen LogP contribution in [-0.2, 0) is 4.74 Å². The Labute approximate surface area is 138 Å². The topological polar surface area (TPSA) is 61.9 Å². The Bertz CT molecular complexity index is 466. The number of carbonyl (C=O) groups excluding carboxylic acids is 2. The number of ether oxygens (including phenoxy) is 1. The van der Waals surface area contributed by atoms with Gasteiger partial charge in [-0.3, -0.25) is 0 Å². The maximum absolute atomic E-state index is 12.4. The summed E-state index contributed by atoms with van der Waals surface area (Å²) >= 11 is 0. The van der Waals surface area contributed by atoms with Crippen LogP contribution in [0.15, 0.2) is 0 Å². The van der Waals surface area contributed by atoms with Crippen molar-refractivity contribution in [2.45, 2.75) is 83.0 Å². The lowest BCUT2D eigenvalue weighted by molar-refractivity contribution is 0.0151. The number of hydrogen-bond donors (Lipinski definition) is 1. The maximum atomic E-state index is 12.4. The molecule has 2 saturated heterocycles. The zero-order valence-corrected chi connectivity index (χ0v) is 14.5. The molecule has 0 aromatic carbocycles. The molecule has 3 aliphatic rings. The Kier molecular flexibility index (Phi) is 4.43. The van der Waals surface area contributed by atoms with Gasteiger partial charge >= 0.3 is 12.1 Å². The summed E-state index contributed by atoms with van der Waals surface area (Å²) in [5, 5.41) is 3.15. The van der Waals surface area contributed by atoms with Gasteiger partial charge in [-0.2, -0.15) is 0 Å². The molecular formula is C17H29N3O3. The Hall–Kier alpha value is -1.46. The summed E-state index contributed by atoms with van der Waals surface area (Å²) in [5.74, 6) is 0. The minimum atomic E-state index is -0.460. The lowest BCUT2D eigenvalue weighted by Crippen LogP contribution is -2.51. The average molecular weight is 323 g/mol. The zero-order chi connectivity index (χ0) is 16.6. The Balaban J connectivity index is 1.56. The molecule has 2 heterocycles. The number of likely N-dealkylation sites (tertiary alicyclic amines) is 1. The molecule has 0 radical (unpaired) electrons. The van der Waals surface area contributed by atoms with E-state index in [-0.39, 0.29) is 18.2 Å². The Morgan fingerprint density at radius 2 is 1.78 bits per heavy atom. The highest BCUT2D eigenvalue weighted by Gasteiger charge is 2.44. The monoisotopic (exact) mass is 323 g/mol. The van der Waals surface area contributed by atoms with Crippen LogP contribution in [0.1, 0.15) is 59.3 Å². The van der Waals surface area contributed by atoms with Crippen molar-refractivity contribution in [1.82, 2.24) is 15.1 Å². The minimum Gasteiger partial charge on any atom is -0.444 e. The molecule has 1 saturated carbocycles. The van der Waals surface area contributed by atoms with Crippen molar-refractivity contribution in [3.8, 4) is 0 Å². The standard InChI is InChI=1S/C17H29N3O3/c1-17(2,3)23-16(22)19-10-8-12(9-11-19)20-14-7-5-4-6-13(14)18-15(20)21/h12-14H,4-11H2,1-3H3,(H,18,21)/t13-,14-/m0/s1. The zero-order valence-electron chi connectivity index (χ0n) is 14.5. The quantitative estimate of drug-likeness (QED) is 0.807. The first-order valence-corrected chi connectivity index (χ1v) is 8.92. The van der Waals surface area contributed by atoms with Crippen molar-refractivity contribution in [2.24, 2.45) is 0 Å². The van der Waals surface area contributed by atoms with Gasteiger partial charge in [-0.05, 0) is 46.5 Å². The number of amides is 3. The van der Waals surface area contributed by atoms with Gasteiger partial charge in [-0.15, -0.1) is 0 Å². The van der Waals surface area contributed by atoms with E-state index in [9.17, 15) is 9.59 Å². The molecule has 3 fully saturated rings. The predicted octanol–water partition coefficient (Wildman–Crippen LogP) is 2.72. The highest BCUT2D eigenvalue weighted by Crippen LogP contribution is 2.32. The third-order valence-corrected chi connectivity index (χ3v) is 5.14. The van der Waals surface area contributed by atoms with Crippen LogP contribution in [-0.4, -0.2) is 58.7 Å². The van der Waals surface area contributed by atoms with Crippen molar-refractivity contribution in [1.29, 1.82) is 0 Å². The molecule has 130 valence electrons. The van der Waals surface area contributed by atoms with Crippen LogP contribution < -0.4 is 5.32 Å². The van der Waals surface area contributed by atoms with Crippen LogP contribution in [0, 0.1) is 0 Å². The molecule has 0 spiro atoms. The van der Waals surface area contributed by atoms with Crippen LogP contribution in [0.2, 0.25) is 0 Å². The second-order valence-corrected chi connectivity index (χ2v) is 8.01. The molecule has 2 atom stereocenters. The molecule has 0 aromatic rings. The lowest BCUT2D eigenvalue weighted by atomic mass is 9.89. The first-order valence-electron chi connectivity index (χ1n) is 8.92. The first-order chi connectivity index (χ1) is 10.8. The van der Waals surface area contributed by atoms with E-state index in [1.165, 1.54) is 12.8 Å². The molecule has 6 heteroatoms.